The lowest BCUT2D eigenvalue weighted by Gasteiger charge is -2.10. The molecule has 2 aromatic carbocycles. The van der Waals surface area contributed by atoms with E-state index < -0.39 is 0 Å². The van der Waals surface area contributed by atoms with Gasteiger partial charge in [-0.15, -0.1) is 0 Å². The van der Waals surface area contributed by atoms with E-state index in [-0.39, 0.29) is 12.5 Å². The molecule has 0 saturated carbocycles. The molecule has 1 aromatic heterocycles. The summed E-state index contributed by atoms with van der Waals surface area (Å²) in [7, 11) is 0. The first kappa shape index (κ1) is 21.3. The van der Waals surface area contributed by atoms with Crippen LogP contribution in [-0.2, 0) is 4.79 Å². The highest BCUT2D eigenvalue weighted by Gasteiger charge is 2.10. The highest BCUT2D eigenvalue weighted by molar-refractivity contribution is 9.11. The Morgan fingerprint density at radius 3 is 2.66 bits per heavy atom. The van der Waals surface area contributed by atoms with Crippen LogP contribution in [0.1, 0.15) is 22.5 Å². The number of hydrogen-bond acceptors (Lipinski definition) is 3. The molecule has 0 spiro atoms. The Labute approximate surface area is 187 Å². The number of hydrogen-bond donors (Lipinski definition) is 1. The number of carbonyl (C=O) groups is 1. The minimum absolute atomic E-state index is 0.125. The molecule has 0 aliphatic heterocycles. The summed E-state index contributed by atoms with van der Waals surface area (Å²) in [6, 6.07) is 15.9. The molecule has 0 aliphatic rings. The van der Waals surface area contributed by atoms with E-state index in [1.54, 1.807) is 12.3 Å². The van der Waals surface area contributed by atoms with E-state index in [0.717, 1.165) is 31.6 Å². The van der Waals surface area contributed by atoms with Gasteiger partial charge in [-0.25, -0.2) is 5.43 Å². The lowest BCUT2D eigenvalue weighted by molar-refractivity contribution is -0.123. The molecule has 0 aliphatic carbocycles. The average Bonchev–Trinajstić information content (AvgIpc) is 2.94. The van der Waals surface area contributed by atoms with Gasteiger partial charge in [-0.1, -0.05) is 28.1 Å². The van der Waals surface area contributed by atoms with E-state index in [4.69, 9.17) is 4.74 Å². The van der Waals surface area contributed by atoms with Gasteiger partial charge in [0.25, 0.3) is 5.91 Å². The molecular formula is C22H21Br2N3O2. The minimum Gasteiger partial charge on any atom is -0.483 e. The smallest absolute Gasteiger partial charge is 0.277 e. The van der Waals surface area contributed by atoms with Crippen molar-refractivity contribution in [3.63, 3.8) is 0 Å². The summed E-state index contributed by atoms with van der Waals surface area (Å²) < 4.78 is 9.38. The number of aryl methyl sites for hydroxylation is 2. The largest absolute Gasteiger partial charge is 0.483 e. The molecule has 0 saturated heterocycles. The number of carbonyl (C=O) groups excluding carboxylic acids is 1. The summed E-state index contributed by atoms with van der Waals surface area (Å²) in [5.41, 5.74) is 7.92. The van der Waals surface area contributed by atoms with Gasteiger partial charge in [-0.3, -0.25) is 4.79 Å². The predicted octanol–water partition coefficient (Wildman–Crippen LogP) is 5.46. The number of amides is 1. The van der Waals surface area contributed by atoms with Gasteiger partial charge in [0, 0.05) is 27.1 Å². The van der Waals surface area contributed by atoms with Crippen molar-refractivity contribution in [2.45, 2.75) is 20.8 Å². The maximum atomic E-state index is 12.0. The zero-order chi connectivity index (χ0) is 21.0. The maximum Gasteiger partial charge on any atom is 0.277 e. The van der Waals surface area contributed by atoms with Crippen molar-refractivity contribution in [3.8, 4) is 11.4 Å². The van der Waals surface area contributed by atoms with Crippen LogP contribution in [0.3, 0.4) is 0 Å². The van der Waals surface area contributed by atoms with Crippen molar-refractivity contribution in [1.29, 1.82) is 0 Å². The topological polar surface area (TPSA) is 55.6 Å². The third kappa shape index (κ3) is 5.36. The molecule has 1 amide bonds. The Bertz CT molecular complexity index is 1070. The number of hydrazone groups is 1. The zero-order valence-electron chi connectivity index (χ0n) is 16.4. The van der Waals surface area contributed by atoms with Gasteiger partial charge in [0.15, 0.2) is 6.61 Å². The van der Waals surface area contributed by atoms with Crippen LogP contribution in [0, 0.1) is 20.8 Å². The molecule has 150 valence electrons. The molecule has 0 atom stereocenters. The van der Waals surface area contributed by atoms with Crippen molar-refractivity contribution in [2.24, 2.45) is 5.10 Å². The first-order valence-electron chi connectivity index (χ1n) is 9.01. The highest BCUT2D eigenvalue weighted by Crippen LogP contribution is 2.28. The van der Waals surface area contributed by atoms with Crippen LogP contribution >= 0.6 is 31.9 Å². The SMILES string of the molecule is Cc1cccc(-n2c(C)cc(/C=N/NC(=O)COc3ccc(Br)cc3Br)c2C)c1. The average molecular weight is 519 g/mol. The summed E-state index contributed by atoms with van der Waals surface area (Å²) in [6.45, 7) is 6.03. The van der Waals surface area contributed by atoms with Gasteiger partial charge >= 0.3 is 0 Å². The molecule has 3 aromatic rings. The predicted molar refractivity (Wildman–Crippen MR) is 123 cm³/mol. The van der Waals surface area contributed by atoms with E-state index in [9.17, 15) is 4.79 Å². The van der Waals surface area contributed by atoms with Crippen LogP contribution in [0.15, 0.2) is 62.6 Å². The standard InChI is InChI=1S/C22H21Br2N3O2/c1-14-5-4-6-19(9-14)27-15(2)10-17(16(27)3)12-25-26-22(28)13-29-21-8-7-18(23)11-20(21)24/h4-12H,13H2,1-3H3,(H,26,28)/b25-12+. The normalized spacial score (nSPS) is 11.1. The fraction of sp³-hybridized carbons (Fsp3) is 0.182. The summed E-state index contributed by atoms with van der Waals surface area (Å²) in [6.07, 6.45) is 1.65. The number of aromatic nitrogens is 1. The molecule has 5 nitrogen and oxygen atoms in total. The molecule has 1 heterocycles. The second-order valence-electron chi connectivity index (χ2n) is 6.66. The summed E-state index contributed by atoms with van der Waals surface area (Å²) >= 11 is 6.78. The third-order valence-electron chi connectivity index (χ3n) is 4.38. The molecule has 3 rings (SSSR count). The highest BCUT2D eigenvalue weighted by atomic mass is 79.9. The summed E-state index contributed by atoms with van der Waals surface area (Å²) in [5.74, 6) is 0.262. The van der Waals surface area contributed by atoms with Gasteiger partial charge < -0.3 is 9.30 Å². The van der Waals surface area contributed by atoms with Crippen molar-refractivity contribution >= 4 is 44.0 Å². The van der Waals surface area contributed by atoms with Gasteiger partial charge in [-0.05, 0) is 78.7 Å². The van der Waals surface area contributed by atoms with Crippen molar-refractivity contribution in [1.82, 2.24) is 9.99 Å². The van der Waals surface area contributed by atoms with Crippen molar-refractivity contribution in [3.05, 3.63) is 80.0 Å². The molecule has 0 bridgehead atoms. The lowest BCUT2D eigenvalue weighted by atomic mass is 10.2. The maximum absolute atomic E-state index is 12.0. The molecule has 0 fully saturated rings. The molecular weight excluding hydrogens is 498 g/mol. The Balaban J connectivity index is 1.63. The van der Waals surface area contributed by atoms with E-state index in [1.807, 2.05) is 31.2 Å². The zero-order valence-corrected chi connectivity index (χ0v) is 19.5. The van der Waals surface area contributed by atoms with E-state index in [2.05, 4.69) is 79.0 Å². The van der Waals surface area contributed by atoms with Gasteiger partial charge in [0.2, 0.25) is 0 Å². The number of ether oxygens (including phenoxy) is 1. The number of rotatable bonds is 6. The van der Waals surface area contributed by atoms with Crippen LogP contribution in [-0.4, -0.2) is 23.3 Å². The summed E-state index contributed by atoms with van der Waals surface area (Å²) in [4.78, 5) is 12.0. The van der Waals surface area contributed by atoms with Gasteiger partial charge in [-0.2, -0.15) is 5.10 Å². The molecule has 1 N–H and O–H groups in total. The monoisotopic (exact) mass is 517 g/mol. The Kier molecular flexibility index (Phi) is 6.92. The molecule has 0 unspecified atom stereocenters. The van der Waals surface area contributed by atoms with E-state index in [0.29, 0.717) is 5.75 Å². The van der Waals surface area contributed by atoms with Crippen molar-refractivity contribution < 1.29 is 9.53 Å². The van der Waals surface area contributed by atoms with Gasteiger partial charge in [0.05, 0.1) is 10.7 Å². The molecule has 29 heavy (non-hydrogen) atoms. The fourth-order valence-electron chi connectivity index (χ4n) is 3.02. The Morgan fingerprint density at radius 2 is 1.93 bits per heavy atom. The van der Waals surface area contributed by atoms with E-state index >= 15 is 0 Å². The number of halogens is 2. The van der Waals surface area contributed by atoms with Crippen LogP contribution in [0.4, 0.5) is 0 Å². The van der Waals surface area contributed by atoms with Crippen LogP contribution < -0.4 is 10.2 Å². The van der Waals surface area contributed by atoms with Crippen molar-refractivity contribution in [2.75, 3.05) is 6.61 Å². The second kappa shape index (κ2) is 9.41. The van der Waals surface area contributed by atoms with Gasteiger partial charge in [0.1, 0.15) is 5.75 Å². The van der Waals surface area contributed by atoms with Crippen LogP contribution in [0.25, 0.3) is 5.69 Å². The molecule has 0 radical (unpaired) electrons. The quantitative estimate of drug-likeness (QED) is 0.348. The number of nitrogens with zero attached hydrogens (tertiary/aromatic N) is 2. The first-order valence-corrected chi connectivity index (χ1v) is 10.6. The lowest BCUT2D eigenvalue weighted by Crippen LogP contribution is -2.24. The number of nitrogens with one attached hydrogen (secondary N) is 1. The Hall–Kier alpha value is -2.38. The minimum atomic E-state index is -0.330. The first-order chi connectivity index (χ1) is 13.8. The molecule has 7 heteroatoms. The van der Waals surface area contributed by atoms with E-state index in [1.165, 1.54) is 5.56 Å². The van der Waals surface area contributed by atoms with Crippen LogP contribution in [0.2, 0.25) is 0 Å². The fourth-order valence-corrected chi connectivity index (χ4v) is 4.19. The third-order valence-corrected chi connectivity index (χ3v) is 5.49. The summed E-state index contributed by atoms with van der Waals surface area (Å²) in [5, 5.41) is 4.08. The Morgan fingerprint density at radius 1 is 1.14 bits per heavy atom. The van der Waals surface area contributed by atoms with Crippen LogP contribution in [0.5, 0.6) is 5.75 Å². The second-order valence-corrected chi connectivity index (χ2v) is 8.43. The number of benzene rings is 2.